The van der Waals surface area contributed by atoms with E-state index in [1.807, 2.05) is 19.1 Å². The van der Waals surface area contributed by atoms with Crippen molar-refractivity contribution in [2.75, 3.05) is 6.61 Å². The van der Waals surface area contributed by atoms with Gasteiger partial charge in [-0.25, -0.2) is 9.59 Å². The number of ether oxygens (including phenoxy) is 2. The minimum Gasteiger partial charge on any atom is -0.455 e. The topological polar surface area (TPSA) is 69.7 Å². The summed E-state index contributed by atoms with van der Waals surface area (Å²) in [7, 11) is 0. The standard InChI is InChI=1S/C18H20O5/c1-13-6-8-15(9-7-13)23-18(21)11-10-17(20)22-12-16(19)14-4-2-3-5-14/h6-11,14H,2-5,12H2,1H3/b11-10+. The molecule has 1 fully saturated rings. The fourth-order valence-electron chi connectivity index (χ4n) is 2.45. The van der Waals surface area contributed by atoms with E-state index in [9.17, 15) is 14.4 Å². The fourth-order valence-corrected chi connectivity index (χ4v) is 2.45. The van der Waals surface area contributed by atoms with Gasteiger partial charge in [0.1, 0.15) is 5.75 Å². The molecule has 0 aromatic heterocycles. The third kappa shape index (κ3) is 5.70. The minimum atomic E-state index is -0.725. The Morgan fingerprint density at radius 2 is 1.65 bits per heavy atom. The Kier molecular flexibility index (Phi) is 6.09. The SMILES string of the molecule is Cc1ccc(OC(=O)/C=C/C(=O)OCC(=O)C2CCCC2)cc1. The molecule has 0 spiro atoms. The van der Waals surface area contributed by atoms with E-state index in [1.165, 1.54) is 0 Å². The largest absolute Gasteiger partial charge is 0.455 e. The first-order valence-corrected chi connectivity index (χ1v) is 7.70. The van der Waals surface area contributed by atoms with Crippen molar-refractivity contribution in [1.82, 2.24) is 0 Å². The zero-order valence-electron chi connectivity index (χ0n) is 13.1. The highest BCUT2D eigenvalue weighted by molar-refractivity contribution is 5.93. The van der Waals surface area contributed by atoms with Crippen molar-refractivity contribution in [3.05, 3.63) is 42.0 Å². The lowest BCUT2D eigenvalue weighted by Crippen LogP contribution is -2.19. The Labute approximate surface area is 135 Å². The van der Waals surface area contributed by atoms with Crippen molar-refractivity contribution < 1.29 is 23.9 Å². The molecule has 0 aliphatic heterocycles. The summed E-state index contributed by atoms with van der Waals surface area (Å²) in [6.45, 7) is 1.69. The summed E-state index contributed by atoms with van der Waals surface area (Å²) in [6.07, 6.45) is 5.80. The molecule has 1 saturated carbocycles. The zero-order valence-corrected chi connectivity index (χ0v) is 13.1. The first-order chi connectivity index (χ1) is 11.0. The number of ketones is 1. The molecule has 2 rings (SSSR count). The van der Waals surface area contributed by atoms with E-state index >= 15 is 0 Å². The number of carbonyl (C=O) groups is 3. The van der Waals surface area contributed by atoms with Crippen molar-refractivity contribution in [3.8, 4) is 5.75 Å². The molecule has 23 heavy (non-hydrogen) atoms. The van der Waals surface area contributed by atoms with E-state index < -0.39 is 11.9 Å². The molecule has 1 aromatic rings. The summed E-state index contributed by atoms with van der Waals surface area (Å²) in [5.41, 5.74) is 1.05. The first kappa shape index (κ1) is 16.9. The Bertz CT molecular complexity index is 594. The van der Waals surface area contributed by atoms with E-state index in [-0.39, 0.29) is 18.3 Å². The third-order valence-electron chi connectivity index (χ3n) is 3.76. The molecule has 5 heteroatoms. The van der Waals surface area contributed by atoms with Gasteiger partial charge in [0.05, 0.1) is 0 Å². The van der Waals surface area contributed by atoms with Crippen LogP contribution in [-0.2, 0) is 19.1 Å². The molecule has 0 saturated heterocycles. The maximum absolute atomic E-state index is 11.8. The van der Waals surface area contributed by atoms with Crippen LogP contribution < -0.4 is 4.74 Å². The van der Waals surface area contributed by atoms with Crippen LogP contribution in [0, 0.1) is 12.8 Å². The van der Waals surface area contributed by atoms with Crippen LogP contribution in [0.5, 0.6) is 5.75 Å². The first-order valence-electron chi connectivity index (χ1n) is 7.70. The Hall–Kier alpha value is -2.43. The van der Waals surface area contributed by atoms with Crippen LogP contribution >= 0.6 is 0 Å². The maximum atomic E-state index is 11.8. The predicted molar refractivity (Wildman–Crippen MR) is 83.9 cm³/mol. The third-order valence-corrected chi connectivity index (χ3v) is 3.76. The van der Waals surface area contributed by atoms with Crippen LogP contribution in [0.3, 0.4) is 0 Å². The van der Waals surface area contributed by atoms with E-state index in [1.54, 1.807) is 12.1 Å². The van der Waals surface area contributed by atoms with Crippen LogP contribution in [0.25, 0.3) is 0 Å². The summed E-state index contributed by atoms with van der Waals surface area (Å²) in [6, 6.07) is 6.96. The zero-order chi connectivity index (χ0) is 16.7. The van der Waals surface area contributed by atoms with E-state index in [0.717, 1.165) is 43.4 Å². The second-order valence-corrected chi connectivity index (χ2v) is 5.62. The lowest BCUT2D eigenvalue weighted by Gasteiger charge is -2.07. The van der Waals surface area contributed by atoms with E-state index in [0.29, 0.717) is 5.75 Å². The summed E-state index contributed by atoms with van der Waals surface area (Å²) in [5.74, 6) is -1.04. The smallest absolute Gasteiger partial charge is 0.336 e. The number of carbonyl (C=O) groups excluding carboxylic acids is 3. The van der Waals surface area contributed by atoms with Gasteiger partial charge in [-0.3, -0.25) is 4.79 Å². The number of hydrogen-bond acceptors (Lipinski definition) is 5. The lowest BCUT2D eigenvalue weighted by molar-refractivity contribution is -0.144. The summed E-state index contributed by atoms with van der Waals surface area (Å²) < 4.78 is 9.88. The van der Waals surface area contributed by atoms with Crippen molar-refractivity contribution in [3.63, 3.8) is 0 Å². The van der Waals surface area contributed by atoms with E-state index in [2.05, 4.69) is 0 Å². The van der Waals surface area contributed by atoms with Crippen LogP contribution in [0.15, 0.2) is 36.4 Å². The average molecular weight is 316 g/mol. The molecule has 5 nitrogen and oxygen atoms in total. The van der Waals surface area contributed by atoms with Crippen molar-refractivity contribution in [2.45, 2.75) is 32.6 Å². The average Bonchev–Trinajstić information content (AvgIpc) is 3.07. The molecule has 0 radical (unpaired) electrons. The summed E-state index contributed by atoms with van der Waals surface area (Å²) >= 11 is 0. The Balaban J connectivity index is 1.73. The molecular formula is C18H20O5. The van der Waals surface area contributed by atoms with Crippen molar-refractivity contribution in [2.24, 2.45) is 5.92 Å². The molecule has 1 aromatic carbocycles. The van der Waals surface area contributed by atoms with Crippen LogP contribution in [0.2, 0.25) is 0 Å². The van der Waals surface area contributed by atoms with Gasteiger partial charge in [-0.2, -0.15) is 0 Å². The van der Waals surface area contributed by atoms with Crippen LogP contribution in [0.4, 0.5) is 0 Å². The van der Waals surface area contributed by atoms with Crippen molar-refractivity contribution in [1.29, 1.82) is 0 Å². The number of hydrogen-bond donors (Lipinski definition) is 0. The van der Waals surface area contributed by atoms with Gasteiger partial charge in [0.15, 0.2) is 12.4 Å². The van der Waals surface area contributed by atoms with Gasteiger partial charge in [0.25, 0.3) is 0 Å². The lowest BCUT2D eigenvalue weighted by atomic mass is 10.0. The molecule has 0 heterocycles. The predicted octanol–water partition coefficient (Wildman–Crippen LogP) is 2.76. The number of esters is 2. The molecule has 0 N–H and O–H groups in total. The van der Waals surface area contributed by atoms with Gasteiger partial charge in [-0.1, -0.05) is 30.5 Å². The highest BCUT2D eigenvalue weighted by Crippen LogP contribution is 2.25. The summed E-state index contributed by atoms with van der Waals surface area (Å²) in [5, 5.41) is 0. The van der Waals surface area contributed by atoms with Gasteiger partial charge in [-0.15, -0.1) is 0 Å². The van der Waals surface area contributed by atoms with Crippen LogP contribution in [-0.4, -0.2) is 24.3 Å². The highest BCUT2D eigenvalue weighted by atomic mass is 16.5. The minimum absolute atomic E-state index is 0.0123. The van der Waals surface area contributed by atoms with Gasteiger partial charge in [0.2, 0.25) is 0 Å². The van der Waals surface area contributed by atoms with Crippen LogP contribution in [0.1, 0.15) is 31.2 Å². The van der Waals surface area contributed by atoms with E-state index in [4.69, 9.17) is 9.47 Å². The molecule has 0 bridgehead atoms. The Morgan fingerprint density at radius 1 is 1.04 bits per heavy atom. The summed E-state index contributed by atoms with van der Waals surface area (Å²) in [4.78, 5) is 34.8. The number of benzene rings is 1. The maximum Gasteiger partial charge on any atom is 0.336 e. The second-order valence-electron chi connectivity index (χ2n) is 5.62. The molecule has 0 amide bonds. The van der Waals surface area contributed by atoms with Gasteiger partial charge in [-0.05, 0) is 31.9 Å². The van der Waals surface area contributed by atoms with Gasteiger partial charge < -0.3 is 9.47 Å². The number of aryl methyl sites for hydroxylation is 1. The van der Waals surface area contributed by atoms with Crippen molar-refractivity contribution >= 4 is 17.7 Å². The Morgan fingerprint density at radius 3 is 2.30 bits per heavy atom. The van der Waals surface area contributed by atoms with Gasteiger partial charge in [0, 0.05) is 18.1 Å². The van der Waals surface area contributed by atoms with Gasteiger partial charge >= 0.3 is 11.9 Å². The normalized spacial score (nSPS) is 14.8. The molecule has 0 atom stereocenters. The molecule has 0 unspecified atom stereocenters. The second kappa shape index (κ2) is 8.27. The quantitative estimate of drug-likeness (QED) is 0.458. The number of rotatable bonds is 6. The molecule has 122 valence electrons. The molecular weight excluding hydrogens is 296 g/mol. The highest BCUT2D eigenvalue weighted by Gasteiger charge is 2.23. The fraction of sp³-hybridized carbons (Fsp3) is 0.389. The molecule has 1 aliphatic carbocycles. The molecule has 1 aliphatic rings. The number of Topliss-reactive ketones (excluding diaryl/α,β-unsaturated/α-hetero) is 1. The monoisotopic (exact) mass is 316 g/mol.